The molecule has 5 nitrogen and oxygen atoms in total. The molecular formula is C12H15BrN2O3. The second kappa shape index (κ2) is 7.13. The van der Waals surface area contributed by atoms with Gasteiger partial charge in [-0.2, -0.15) is 0 Å². The van der Waals surface area contributed by atoms with E-state index in [0.717, 1.165) is 10.0 Å². The molecule has 0 aliphatic heterocycles. The molecule has 0 radical (unpaired) electrons. The lowest BCUT2D eigenvalue weighted by molar-refractivity contribution is -0.145. The van der Waals surface area contributed by atoms with Crippen LogP contribution < -0.4 is 11.1 Å². The summed E-state index contributed by atoms with van der Waals surface area (Å²) in [6, 6.07) is 5.34. The average Bonchev–Trinajstić information content (AvgIpc) is 2.31. The Kier molecular flexibility index (Phi) is 5.80. The van der Waals surface area contributed by atoms with Gasteiger partial charge in [-0.05, 0) is 30.7 Å². The third kappa shape index (κ3) is 4.46. The van der Waals surface area contributed by atoms with E-state index in [1.807, 2.05) is 6.07 Å². The van der Waals surface area contributed by atoms with Crippen LogP contribution >= 0.6 is 15.9 Å². The van der Waals surface area contributed by atoms with Gasteiger partial charge in [-0.15, -0.1) is 0 Å². The van der Waals surface area contributed by atoms with Gasteiger partial charge in [0.2, 0.25) is 5.91 Å². The third-order valence-electron chi connectivity index (χ3n) is 2.17. The zero-order chi connectivity index (χ0) is 13.5. The third-order valence-corrected chi connectivity index (χ3v) is 2.66. The molecule has 0 fully saturated rings. The number of amides is 1. The Balaban J connectivity index is 2.67. The molecule has 0 atom stereocenters. The van der Waals surface area contributed by atoms with E-state index in [0.29, 0.717) is 12.2 Å². The first-order valence-corrected chi connectivity index (χ1v) is 6.30. The number of nitrogens with two attached hydrogens (primary N) is 1. The molecule has 6 heteroatoms. The molecule has 3 N–H and O–H groups in total. The first kappa shape index (κ1) is 14.7. The van der Waals surface area contributed by atoms with Gasteiger partial charge >= 0.3 is 5.97 Å². The fourth-order valence-corrected chi connectivity index (χ4v) is 1.80. The van der Waals surface area contributed by atoms with Gasteiger partial charge in [0.05, 0.1) is 6.61 Å². The second-order valence-electron chi connectivity index (χ2n) is 3.54. The summed E-state index contributed by atoms with van der Waals surface area (Å²) >= 11 is 3.32. The second-order valence-corrected chi connectivity index (χ2v) is 4.45. The monoisotopic (exact) mass is 314 g/mol. The topological polar surface area (TPSA) is 81.4 Å². The number of halogens is 1. The van der Waals surface area contributed by atoms with Crippen molar-refractivity contribution >= 4 is 33.5 Å². The molecule has 1 aromatic carbocycles. The molecule has 0 unspecified atom stereocenters. The summed E-state index contributed by atoms with van der Waals surface area (Å²) in [6.07, 6.45) is -0.298. The molecule has 0 bridgehead atoms. The van der Waals surface area contributed by atoms with Crippen molar-refractivity contribution in [1.29, 1.82) is 0 Å². The number of benzene rings is 1. The Morgan fingerprint density at radius 1 is 1.44 bits per heavy atom. The van der Waals surface area contributed by atoms with Crippen molar-refractivity contribution in [2.24, 2.45) is 5.73 Å². The predicted molar refractivity (Wildman–Crippen MR) is 71.9 cm³/mol. The molecule has 18 heavy (non-hydrogen) atoms. The van der Waals surface area contributed by atoms with Crippen molar-refractivity contribution < 1.29 is 14.3 Å². The molecule has 98 valence electrons. The lowest BCUT2D eigenvalue weighted by Crippen LogP contribution is -2.19. The normalized spacial score (nSPS) is 9.94. The number of carbonyl (C=O) groups is 2. The van der Waals surface area contributed by atoms with Crippen LogP contribution in [0.5, 0.6) is 0 Å². The van der Waals surface area contributed by atoms with Gasteiger partial charge in [-0.3, -0.25) is 9.59 Å². The van der Waals surface area contributed by atoms with Crippen LogP contribution in [0.1, 0.15) is 18.9 Å². The van der Waals surface area contributed by atoms with E-state index >= 15 is 0 Å². The maximum Gasteiger partial charge on any atom is 0.315 e. The van der Waals surface area contributed by atoms with Gasteiger partial charge in [0.25, 0.3) is 0 Å². The van der Waals surface area contributed by atoms with Crippen molar-refractivity contribution in [2.75, 3.05) is 11.9 Å². The van der Waals surface area contributed by atoms with Crippen molar-refractivity contribution in [2.45, 2.75) is 19.9 Å². The zero-order valence-electron chi connectivity index (χ0n) is 10.0. The van der Waals surface area contributed by atoms with Gasteiger partial charge in [0, 0.05) is 16.7 Å². The highest BCUT2D eigenvalue weighted by Crippen LogP contribution is 2.20. The smallest absolute Gasteiger partial charge is 0.315 e. The summed E-state index contributed by atoms with van der Waals surface area (Å²) in [5.41, 5.74) is 6.98. The van der Waals surface area contributed by atoms with Gasteiger partial charge in [-0.25, -0.2) is 0 Å². The average molecular weight is 315 g/mol. The van der Waals surface area contributed by atoms with Crippen molar-refractivity contribution in [3.63, 3.8) is 0 Å². The first-order valence-electron chi connectivity index (χ1n) is 5.50. The number of anilines is 1. The molecular weight excluding hydrogens is 300 g/mol. The van der Waals surface area contributed by atoms with Gasteiger partial charge < -0.3 is 15.8 Å². The fraction of sp³-hybridized carbons (Fsp3) is 0.333. The maximum absolute atomic E-state index is 11.6. The SMILES string of the molecule is CCOC(=O)CC(=O)Nc1ccc(Br)cc1CN. The molecule has 0 aromatic heterocycles. The highest BCUT2D eigenvalue weighted by atomic mass is 79.9. The zero-order valence-corrected chi connectivity index (χ0v) is 11.6. The number of rotatable bonds is 5. The summed E-state index contributed by atoms with van der Waals surface area (Å²) in [5.74, 6) is -0.952. The van der Waals surface area contributed by atoms with E-state index < -0.39 is 11.9 Å². The van der Waals surface area contributed by atoms with Crippen LogP contribution in [0.25, 0.3) is 0 Å². The van der Waals surface area contributed by atoms with Crippen LogP contribution in [0.2, 0.25) is 0 Å². The minimum atomic E-state index is -0.540. The quantitative estimate of drug-likeness (QED) is 0.641. The van der Waals surface area contributed by atoms with E-state index in [1.54, 1.807) is 19.1 Å². The predicted octanol–water partition coefficient (Wildman–Crippen LogP) is 1.80. The van der Waals surface area contributed by atoms with E-state index in [-0.39, 0.29) is 13.0 Å². The summed E-state index contributed by atoms with van der Waals surface area (Å²) < 4.78 is 5.57. The molecule has 1 rings (SSSR count). The van der Waals surface area contributed by atoms with E-state index in [1.165, 1.54) is 0 Å². The van der Waals surface area contributed by atoms with Crippen LogP contribution in [0, 0.1) is 0 Å². The van der Waals surface area contributed by atoms with Crippen LogP contribution in [0.15, 0.2) is 22.7 Å². The van der Waals surface area contributed by atoms with Crippen molar-refractivity contribution in [3.05, 3.63) is 28.2 Å². The Bertz CT molecular complexity index is 449. The van der Waals surface area contributed by atoms with Gasteiger partial charge in [-0.1, -0.05) is 15.9 Å². The number of hydrogen-bond donors (Lipinski definition) is 2. The molecule has 0 aliphatic carbocycles. The highest BCUT2D eigenvalue weighted by Gasteiger charge is 2.12. The molecule has 1 amide bonds. The molecule has 0 aliphatic rings. The van der Waals surface area contributed by atoms with Gasteiger partial charge in [0.1, 0.15) is 6.42 Å². The van der Waals surface area contributed by atoms with Crippen LogP contribution in [-0.4, -0.2) is 18.5 Å². The molecule has 1 aromatic rings. The lowest BCUT2D eigenvalue weighted by atomic mass is 10.1. The van der Waals surface area contributed by atoms with Crippen LogP contribution in [0.4, 0.5) is 5.69 Å². The molecule has 0 heterocycles. The number of ether oxygens (including phenoxy) is 1. The fourth-order valence-electron chi connectivity index (χ4n) is 1.39. The van der Waals surface area contributed by atoms with Crippen LogP contribution in [0.3, 0.4) is 0 Å². The lowest BCUT2D eigenvalue weighted by Gasteiger charge is -2.10. The van der Waals surface area contributed by atoms with Crippen molar-refractivity contribution in [1.82, 2.24) is 0 Å². The Morgan fingerprint density at radius 3 is 2.78 bits per heavy atom. The summed E-state index contributed by atoms with van der Waals surface area (Å²) in [7, 11) is 0. The molecule has 0 saturated carbocycles. The summed E-state index contributed by atoms with van der Waals surface area (Å²) in [6.45, 7) is 2.25. The largest absolute Gasteiger partial charge is 0.466 e. The van der Waals surface area contributed by atoms with Gasteiger partial charge in [0.15, 0.2) is 0 Å². The summed E-state index contributed by atoms with van der Waals surface area (Å²) in [5, 5.41) is 2.64. The Morgan fingerprint density at radius 2 is 2.17 bits per heavy atom. The van der Waals surface area contributed by atoms with E-state index in [9.17, 15) is 9.59 Å². The number of nitrogens with one attached hydrogen (secondary N) is 1. The van der Waals surface area contributed by atoms with E-state index in [4.69, 9.17) is 10.5 Å². The summed E-state index contributed by atoms with van der Waals surface area (Å²) in [4.78, 5) is 22.7. The maximum atomic E-state index is 11.6. The molecule has 0 spiro atoms. The highest BCUT2D eigenvalue weighted by molar-refractivity contribution is 9.10. The first-order chi connectivity index (χ1) is 8.56. The van der Waals surface area contributed by atoms with Crippen LogP contribution in [-0.2, 0) is 20.9 Å². The standard InChI is InChI=1S/C12H15BrN2O3/c1-2-18-12(17)6-11(16)15-10-4-3-9(13)5-8(10)7-14/h3-5H,2,6-7,14H2,1H3,(H,15,16). The number of esters is 1. The molecule has 0 saturated heterocycles. The Hall–Kier alpha value is -1.40. The minimum absolute atomic E-state index is 0.262. The van der Waals surface area contributed by atoms with E-state index in [2.05, 4.69) is 21.2 Å². The van der Waals surface area contributed by atoms with Crippen molar-refractivity contribution in [3.8, 4) is 0 Å². The Labute approximate surface area is 114 Å². The number of hydrogen-bond acceptors (Lipinski definition) is 4. The number of carbonyl (C=O) groups excluding carboxylic acids is 2. The minimum Gasteiger partial charge on any atom is -0.466 e.